The standard InChI is InChI=1S/C9H9ClF2/c1-6-2-4-7(5-3-6)8(10)9(11)12/h2-5,8-9H,1H3. The lowest BCUT2D eigenvalue weighted by Gasteiger charge is -2.07. The molecule has 0 nitrogen and oxygen atoms in total. The third-order valence-corrected chi connectivity index (χ3v) is 2.06. The fourth-order valence-corrected chi connectivity index (χ4v) is 1.04. The Hall–Kier alpha value is -0.630. The van der Waals surface area contributed by atoms with E-state index >= 15 is 0 Å². The van der Waals surface area contributed by atoms with Crippen molar-refractivity contribution < 1.29 is 8.78 Å². The monoisotopic (exact) mass is 190 g/mol. The van der Waals surface area contributed by atoms with Crippen LogP contribution in [0.2, 0.25) is 0 Å². The van der Waals surface area contributed by atoms with E-state index in [0.29, 0.717) is 5.56 Å². The maximum Gasteiger partial charge on any atom is 0.258 e. The third-order valence-electron chi connectivity index (χ3n) is 1.62. The van der Waals surface area contributed by atoms with Gasteiger partial charge in [-0.2, -0.15) is 0 Å². The maximum absolute atomic E-state index is 12.1. The summed E-state index contributed by atoms with van der Waals surface area (Å²) in [4.78, 5) is 0. The van der Waals surface area contributed by atoms with E-state index in [4.69, 9.17) is 11.6 Å². The van der Waals surface area contributed by atoms with Gasteiger partial charge in [0.1, 0.15) is 5.38 Å². The topological polar surface area (TPSA) is 0 Å². The predicted molar refractivity (Wildman–Crippen MR) is 45.8 cm³/mol. The van der Waals surface area contributed by atoms with Crippen molar-refractivity contribution in [3.8, 4) is 0 Å². The van der Waals surface area contributed by atoms with Crippen molar-refractivity contribution in [2.45, 2.75) is 18.7 Å². The molecule has 66 valence electrons. The highest BCUT2D eigenvalue weighted by Crippen LogP contribution is 2.27. The highest BCUT2D eigenvalue weighted by atomic mass is 35.5. The number of hydrogen-bond acceptors (Lipinski definition) is 0. The van der Waals surface area contributed by atoms with Crippen molar-refractivity contribution >= 4 is 11.6 Å². The van der Waals surface area contributed by atoms with E-state index in [1.165, 1.54) is 0 Å². The van der Waals surface area contributed by atoms with Crippen LogP contribution in [0.3, 0.4) is 0 Å². The Morgan fingerprint density at radius 2 is 1.67 bits per heavy atom. The minimum atomic E-state index is -2.51. The Labute approximate surface area is 75.2 Å². The van der Waals surface area contributed by atoms with Gasteiger partial charge in [0.15, 0.2) is 0 Å². The molecule has 0 fully saturated rings. The van der Waals surface area contributed by atoms with Crippen LogP contribution in [0.5, 0.6) is 0 Å². The molecule has 1 atom stereocenters. The van der Waals surface area contributed by atoms with Gasteiger partial charge in [-0.1, -0.05) is 29.8 Å². The van der Waals surface area contributed by atoms with Gasteiger partial charge >= 0.3 is 0 Å². The van der Waals surface area contributed by atoms with Crippen LogP contribution in [-0.4, -0.2) is 6.43 Å². The van der Waals surface area contributed by atoms with Crippen LogP contribution in [0.25, 0.3) is 0 Å². The molecule has 0 amide bonds. The number of benzene rings is 1. The number of alkyl halides is 3. The first-order valence-corrected chi connectivity index (χ1v) is 4.03. The molecule has 1 aromatic rings. The SMILES string of the molecule is Cc1ccc(C(Cl)C(F)F)cc1. The van der Waals surface area contributed by atoms with Gasteiger partial charge in [-0.25, -0.2) is 8.78 Å². The molecule has 0 aromatic heterocycles. The Bertz CT molecular complexity index is 243. The van der Waals surface area contributed by atoms with Crippen molar-refractivity contribution in [1.29, 1.82) is 0 Å². The molecule has 12 heavy (non-hydrogen) atoms. The largest absolute Gasteiger partial charge is 0.258 e. The molecule has 0 bridgehead atoms. The van der Waals surface area contributed by atoms with Gasteiger partial charge in [0.05, 0.1) is 0 Å². The highest BCUT2D eigenvalue weighted by molar-refractivity contribution is 6.21. The van der Waals surface area contributed by atoms with Crippen molar-refractivity contribution in [2.24, 2.45) is 0 Å². The van der Waals surface area contributed by atoms with Crippen LogP contribution in [0.15, 0.2) is 24.3 Å². The molecule has 0 saturated carbocycles. The first kappa shape index (κ1) is 9.46. The quantitative estimate of drug-likeness (QED) is 0.626. The first-order valence-electron chi connectivity index (χ1n) is 3.60. The van der Waals surface area contributed by atoms with Crippen LogP contribution < -0.4 is 0 Å². The predicted octanol–water partition coefficient (Wildman–Crippen LogP) is 3.54. The number of aryl methyl sites for hydroxylation is 1. The van der Waals surface area contributed by atoms with E-state index < -0.39 is 11.8 Å². The average Bonchev–Trinajstić information content (AvgIpc) is 2.04. The minimum Gasteiger partial charge on any atom is -0.208 e. The lowest BCUT2D eigenvalue weighted by Crippen LogP contribution is -2.01. The summed E-state index contributed by atoms with van der Waals surface area (Å²) in [5.74, 6) is 0. The smallest absolute Gasteiger partial charge is 0.208 e. The zero-order valence-electron chi connectivity index (χ0n) is 6.60. The van der Waals surface area contributed by atoms with Crippen molar-refractivity contribution in [3.63, 3.8) is 0 Å². The molecule has 1 aromatic carbocycles. The van der Waals surface area contributed by atoms with Gasteiger partial charge in [-0.3, -0.25) is 0 Å². The molecular formula is C9H9ClF2. The van der Waals surface area contributed by atoms with Gasteiger partial charge in [0.25, 0.3) is 6.43 Å². The van der Waals surface area contributed by atoms with Crippen molar-refractivity contribution in [3.05, 3.63) is 35.4 Å². The summed E-state index contributed by atoms with van der Waals surface area (Å²) in [6.45, 7) is 1.90. The van der Waals surface area contributed by atoms with E-state index in [0.717, 1.165) is 5.56 Å². The van der Waals surface area contributed by atoms with Gasteiger partial charge < -0.3 is 0 Å². The fraction of sp³-hybridized carbons (Fsp3) is 0.333. The van der Waals surface area contributed by atoms with Gasteiger partial charge in [-0.05, 0) is 12.5 Å². The zero-order chi connectivity index (χ0) is 9.14. The Morgan fingerprint density at radius 1 is 1.17 bits per heavy atom. The summed E-state index contributed by atoms with van der Waals surface area (Å²) in [6, 6.07) is 6.79. The Kier molecular flexibility index (Phi) is 3.04. The molecular weight excluding hydrogens is 182 g/mol. The molecule has 0 N–H and O–H groups in total. The fourth-order valence-electron chi connectivity index (χ4n) is 0.896. The normalized spacial score (nSPS) is 13.4. The minimum absolute atomic E-state index is 0.470. The molecule has 0 radical (unpaired) electrons. The lowest BCUT2D eigenvalue weighted by atomic mass is 10.1. The number of halogens is 3. The number of hydrogen-bond donors (Lipinski definition) is 0. The van der Waals surface area contributed by atoms with E-state index in [1.807, 2.05) is 6.92 Å². The van der Waals surface area contributed by atoms with E-state index in [9.17, 15) is 8.78 Å². The van der Waals surface area contributed by atoms with Gasteiger partial charge in [0, 0.05) is 0 Å². The van der Waals surface area contributed by atoms with Gasteiger partial charge in [0.2, 0.25) is 0 Å². The lowest BCUT2D eigenvalue weighted by molar-refractivity contribution is 0.143. The van der Waals surface area contributed by atoms with Crippen LogP contribution in [0, 0.1) is 6.92 Å². The third kappa shape index (κ3) is 2.18. The second kappa shape index (κ2) is 3.85. The molecule has 0 aliphatic rings. The van der Waals surface area contributed by atoms with Crippen molar-refractivity contribution in [1.82, 2.24) is 0 Å². The van der Waals surface area contributed by atoms with Crippen molar-refractivity contribution in [2.75, 3.05) is 0 Å². The zero-order valence-corrected chi connectivity index (χ0v) is 7.35. The Balaban J connectivity index is 2.82. The average molecular weight is 191 g/mol. The van der Waals surface area contributed by atoms with E-state index in [2.05, 4.69) is 0 Å². The van der Waals surface area contributed by atoms with Crippen LogP contribution in [0.4, 0.5) is 8.78 Å². The maximum atomic E-state index is 12.1. The Morgan fingerprint density at radius 3 is 2.08 bits per heavy atom. The summed E-state index contributed by atoms with van der Waals surface area (Å²) in [5.41, 5.74) is 1.51. The van der Waals surface area contributed by atoms with Crippen LogP contribution in [0.1, 0.15) is 16.5 Å². The molecule has 1 rings (SSSR count). The summed E-state index contributed by atoms with van der Waals surface area (Å²) in [7, 11) is 0. The molecule has 0 aliphatic carbocycles. The summed E-state index contributed by atoms with van der Waals surface area (Å²) in [5, 5.41) is -1.19. The molecule has 0 aliphatic heterocycles. The summed E-state index contributed by atoms with van der Waals surface area (Å²) < 4.78 is 24.2. The van der Waals surface area contributed by atoms with Crippen LogP contribution >= 0.6 is 11.6 Å². The van der Waals surface area contributed by atoms with E-state index in [1.54, 1.807) is 24.3 Å². The highest BCUT2D eigenvalue weighted by Gasteiger charge is 2.18. The summed E-state index contributed by atoms with van der Waals surface area (Å²) >= 11 is 5.44. The molecule has 0 spiro atoms. The molecule has 0 saturated heterocycles. The molecule has 1 unspecified atom stereocenters. The summed E-state index contributed by atoms with van der Waals surface area (Å²) in [6.07, 6.45) is -2.51. The van der Waals surface area contributed by atoms with Crippen LogP contribution in [-0.2, 0) is 0 Å². The van der Waals surface area contributed by atoms with Gasteiger partial charge in [-0.15, -0.1) is 11.6 Å². The number of rotatable bonds is 2. The first-order chi connectivity index (χ1) is 5.61. The second-order valence-corrected chi connectivity index (χ2v) is 3.12. The second-order valence-electron chi connectivity index (χ2n) is 2.65. The van der Waals surface area contributed by atoms with E-state index in [-0.39, 0.29) is 0 Å². The molecule has 0 heterocycles. The molecule has 3 heteroatoms.